The van der Waals surface area contributed by atoms with Gasteiger partial charge >= 0.3 is 5.97 Å². The number of ether oxygens (including phenoxy) is 1. The second-order valence-electron chi connectivity index (χ2n) is 5.39. The Morgan fingerprint density at radius 1 is 1.38 bits per heavy atom. The van der Waals surface area contributed by atoms with Crippen LogP contribution in [0.2, 0.25) is 0 Å². The van der Waals surface area contributed by atoms with Crippen molar-refractivity contribution in [2.45, 2.75) is 45.3 Å². The molecule has 2 fully saturated rings. The van der Waals surface area contributed by atoms with Crippen LogP contribution in [-0.2, 0) is 9.53 Å². The minimum absolute atomic E-state index is 0.0660. The summed E-state index contributed by atoms with van der Waals surface area (Å²) in [5.41, 5.74) is -1.93. The van der Waals surface area contributed by atoms with Crippen molar-refractivity contribution in [3.05, 3.63) is 0 Å². The van der Waals surface area contributed by atoms with Crippen LogP contribution in [0.4, 0.5) is 0 Å². The lowest BCUT2D eigenvalue weighted by Gasteiger charge is -2.31. The topological polar surface area (TPSA) is 46.5 Å². The van der Waals surface area contributed by atoms with Gasteiger partial charge < -0.3 is 9.84 Å². The molecule has 3 nitrogen and oxygen atoms in total. The highest BCUT2D eigenvalue weighted by atomic mass is 16.6. The molecule has 0 aromatic heterocycles. The molecule has 1 heterocycles. The fourth-order valence-electron chi connectivity index (χ4n) is 2.52. The third-order valence-electron chi connectivity index (χ3n) is 3.65. The minimum atomic E-state index is -1.21. The summed E-state index contributed by atoms with van der Waals surface area (Å²) in [6.07, 6.45) is 0.752. The average Bonchev–Trinajstić information content (AvgIpc) is 2.33. The van der Waals surface area contributed by atoms with Crippen LogP contribution in [0.5, 0.6) is 0 Å². The van der Waals surface area contributed by atoms with Crippen LogP contribution in [0, 0.1) is 11.3 Å². The van der Waals surface area contributed by atoms with E-state index in [9.17, 15) is 9.90 Å². The summed E-state index contributed by atoms with van der Waals surface area (Å²) < 4.78 is 5.18. The Kier molecular flexibility index (Phi) is 1.33. The normalized spacial score (nSPS) is 45.0. The van der Waals surface area contributed by atoms with E-state index < -0.39 is 17.2 Å². The Labute approximate surface area is 78.1 Å². The highest BCUT2D eigenvalue weighted by Gasteiger charge is 2.79. The third kappa shape index (κ3) is 0.857. The van der Waals surface area contributed by atoms with Gasteiger partial charge in [0, 0.05) is 11.3 Å². The van der Waals surface area contributed by atoms with Crippen LogP contribution < -0.4 is 0 Å². The highest BCUT2D eigenvalue weighted by molar-refractivity contribution is 5.87. The third-order valence-corrected chi connectivity index (χ3v) is 3.65. The van der Waals surface area contributed by atoms with Crippen molar-refractivity contribution in [2.24, 2.45) is 11.3 Å². The fraction of sp³-hybridized carbons (Fsp3) is 0.900. The summed E-state index contributed by atoms with van der Waals surface area (Å²) in [7, 11) is 0. The van der Waals surface area contributed by atoms with Crippen molar-refractivity contribution in [2.75, 3.05) is 0 Å². The SMILES string of the molecule is CC1(C)CC2C(C)(C)C2(O)C(=O)O1. The van der Waals surface area contributed by atoms with E-state index in [2.05, 4.69) is 0 Å². The molecule has 1 aliphatic carbocycles. The van der Waals surface area contributed by atoms with Crippen molar-refractivity contribution in [1.82, 2.24) is 0 Å². The van der Waals surface area contributed by atoms with E-state index in [-0.39, 0.29) is 11.3 Å². The molecule has 2 aliphatic rings. The number of aliphatic hydroxyl groups is 1. The summed E-state index contributed by atoms with van der Waals surface area (Å²) in [4.78, 5) is 11.5. The number of rotatable bonds is 0. The lowest BCUT2D eigenvalue weighted by molar-refractivity contribution is -0.180. The van der Waals surface area contributed by atoms with Crippen molar-refractivity contribution >= 4 is 5.97 Å². The van der Waals surface area contributed by atoms with E-state index in [0.717, 1.165) is 6.42 Å². The quantitative estimate of drug-likeness (QED) is 0.573. The van der Waals surface area contributed by atoms with E-state index in [4.69, 9.17) is 4.74 Å². The van der Waals surface area contributed by atoms with Crippen molar-refractivity contribution in [1.29, 1.82) is 0 Å². The fourth-order valence-corrected chi connectivity index (χ4v) is 2.52. The van der Waals surface area contributed by atoms with Gasteiger partial charge in [-0.25, -0.2) is 4.79 Å². The first-order valence-corrected chi connectivity index (χ1v) is 4.68. The maximum Gasteiger partial charge on any atom is 0.339 e. The number of cyclic esters (lactones) is 1. The molecule has 2 atom stereocenters. The average molecular weight is 184 g/mol. The van der Waals surface area contributed by atoms with Gasteiger partial charge in [-0.15, -0.1) is 0 Å². The molecule has 0 bridgehead atoms. The van der Waals surface area contributed by atoms with Gasteiger partial charge in [0.25, 0.3) is 0 Å². The van der Waals surface area contributed by atoms with E-state index >= 15 is 0 Å². The molecular weight excluding hydrogens is 168 g/mol. The lowest BCUT2D eigenvalue weighted by atomic mass is 9.95. The molecule has 0 aromatic carbocycles. The van der Waals surface area contributed by atoms with E-state index in [0.29, 0.717) is 0 Å². The first-order valence-electron chi connectivity index (χ1n) is 4.68. The smallest absolute Gasteiger partial charge is 0.339 e. The lowest BCUT2D eigenvalue weighted by Crippen LogP contribution is -2.43. The number of carbonyl (C=O) groups is 1. The molecule has 74 valence electrons. The van der Waals surface area contributed by atoms with Crippen molar-refractivity contribution in [3.8, 4) is 0 Å². The standard InChI is InChI=1S/C10H16O3/c1-8(2)5-6-9(3,4)10(6,12)7(11)13-8/h6,12H,5H2,1-4H3. The molecule has 0 spiro atoms. The molecular formula is C10H16O3. The van der Waals surface area contributed by atoms with Crippen molar-refractivity contribution < 1.29 is 14.6 Å². The number of fused-ring (bicyclic) bond motifs is 1. The summed E-state index contributed by atoms with van der Waals surface area (Å²) in [5.74, 6) is -0.380. The Morgan fingerprint density at radius 2 is 1.92 bits per heavy atom. The van der Waals surface area contributed by atoms with Crippen LogP contribution in [0.15, 0.2) is 0 Å². The predicted octanol–water partition coefficient (Wildman–Crippen LogP) is 1.10. The maximum absolute atomic E-state index is 11.5. The number of hydrogen-bond acceptors (Lipinski definition) is 3. The Bertz CT molecular complexity index is 280. The summed E-state index contributed by atoms with van der Waals surface area (Å²) in [6.45, 7) is 7.61. The van der Waals surface area contributed by atoms with Gasteiger partial charge in [-0.1, -0.05) is 13.8 Å². The van der Waals surface area contributed by atoms with E-state index in [1.807, 2.05) is 27.7 Å². The minimum Gasteiger partial charge on any atom is -0.458 e. The predicted molar refractivity (Wildman–Crippen MR) is 47.0 cm³/mol. The Balaban J connectivity index is 2.33. The molecule has 1 N–H and O–H groups in total. The molecule has 1 saturated carbocycles. The molecule has 0 amide bonds. The molecule has 2 rings (SSSR count). The summed E-state index contributed by atoms with van der Waals surface area (Å²) in [5, 5.41) is 10.0. The molecule has 1 saturated heterocycles. The molecule has 0 aromatic rings. The van der Waals surface area contributed by atoms with Crippen LogP contribution in [0.1, 0.15) is 34.1 Å². The monoisotopic (exact) mass is 184 g/mol. The molecule has 2 unspecified atom stereocenters. The zero-order chi connectivity index (χ0) is 10.1. The number of carbonyl (C=O) groups excluding carboxylic acids is 1. The van der Waals surface area contributed by atoms with Gasteiger partial charge in [-0.05, 0) is 20.3 Å². The molecule has 0 radical (unpaired) electrons. The van der Waals surface area contributed by atoms with E-state index in [1.54, 1.807) is 0 Å². The first-order chi connectivity index (χ1) is 5.72. The molecule has 1 aliphatic heterocycles. The van der Waals surface area contributed by atoms with Crippen LogP contribution >= 0.6 is 0 Å². The maximum atomic E-state index is 11.5. The highest BCUT2D eigenvalue weighted by Crippen LogP contribution is 2.67. The summed E-state index contributed by atoms with van der Waals surface area (Å²) in [6, 6.07) is 0. The van der Waals surface area contributed by atoms with Gasteiger partial charge in [0.1, 0.15) is 5.60 Å². The van der Waals surface area contributed by atoms with Gasteiger partial charge in [-0.2, -0.15) is 0 Å². The largest absolute Gasteiger partial charge is 0.458 e. The Morgan fingerprint density at radius 3 is 2.38 bits per heavy atom. The molecule has 3 heteroatoms. The van der Waals surface area contributed by atoms with Crippen LogP contribution in [0.25, 0.3) is 0 Å². The summed E-state index contributed by atoms with van der Waals surface area (Å²) >= 11 is 0. The van der Waals surface area contributed by atoms with Gasteiger partial charge in [-0.3, -0.25) is 0 Å². The molecule has 13 heavy (non-hydrogen) atoms. The van der Waals surface area contributed by atoms with Gasteiger partial charge in [0.15, 0.2) is 5.60 Å². The second kappa shape index (κ2) is 1.92. The number of esters is 1. The number of hydrogen-bond donors (Lipinski definition) is 1. The van der Waals surface area contributed by atoms with Gasteiger partial charge in [0.2, 0.25) is 0 Å². The zero-order valence-electron chi connectivity index (χ0n) is 8.55. The van der Waals surface area contributed by atoms with Crippen molar-refractivity contribution in [3.63, 3.8) is 0 Å². The first kappa shape index (κ1) is 9.00. The van der Waals surface area contributed by atoms with Crippen LogP contribution in [-0.4, -0.2) is 22.3 Å². The second-order valence-corrected chi connectivity index (χ2v) is 5.39. The van der Waals surface area contributed by atoms with Gasteiger partial charge in [0.05, 0.1) is 0 Å². The zero-order valence-corrected chi connectivity index (χ0v) is 8.55. The Hall–Kier alpha value is -0.570. The van der Waals surface area contributed by atoms with Crippen LogP contribution in [0.3, 0.4) is 0 Å². The van der Waals surface area contributed by atoms with E-state index in [1.165, 1.54) is 0 Å².